The standard InChI is InChI=1S/C17H24BrNO2/c1-3-6-13-9-11-17(12-10-13,16(20)21-2)19-15-8-5-4-7-14(15)18/h4-5,7-8,13,19H,3,6,9-12H2,1-2H3. The van der Waals surface area contributed by atoms with Gasteiger partial charge in [0.2, 0.25) is 0 Å². The van der Waals surface area contributed by atoms with E-state index in [1.54, 1.807) is 0 Å². The van der Waals surface area contributed by atoms with Gasteiger partial charge in [0.15, 0.2) is 0 Å². The number of carbonyl (C=O) groups excluding carboxylic acids is 1. The number of nitrogens with one attached hydrogen (secondary N) is 1. The van der Waals surface area contributed by atoms with Gasteiger partial charge in [-0.2, -0.15) is 0 Å². The summed E-state index contributed by atoms with van der Waals surface area (Å²) in [6.07, 6.45) is 6.32. The van der Waals surface area contributed by atoms with Crippen LogP contribution in [0, 0.1) is 5.92 Å². The molecule has 0 heterocycles. The molecule has 21 heavy (non-hydrogen) atoms. The van der Waals surface area contributed by atoms with Gasteiger partial charge in [0.1, 0.15) is 5.54 Å². The van der Waals surface area contributed by atoms with Gasteiger partial charge in [0.05, 0.1) is 7.11 Å². The van der Waals surface area contributed by atoms with Gasteiger partial charge in [-0.15, -0.1) is 0 Å². The molecule has 2 rings (SSSR count). The summed E-state index contributed by atoms with van der Waals surface area (Å²) < 4.78 is 6.06. The van der Waals surface area contributed by atoms with Crippen molar-refractivity contribution in [2.24, 2.45) is 5.92 Å². The van der Waals surface area contributed by atoms with Crippen molar-refractivity contribution in [1.82, 2.24) is 0 Å². The molecule has 0 aromatic heterocycles. The van der Waals surface area contributed by atoms with Crippen LogP contribution in [-0.2, 0) is 9.53 Å². The van der Waals surface area contributed by atoms with E-state index in [0.29, 0.717) is 0 Å². The number of esters is 1. The molecule has 0 aliphatic heterocycles. The molecule has 1 N–H and O–H groups in total. The fraction of sp³-hybridized carbons (Fsp3) is 0.588. The average Bonchev–Trinajstić information content (AvgIpc) is 2.51. The molecule has 0 saturated heterocycles. The lowest BCUT2D eigenvalue weighted by Gasteiger charge is -2.39. The fourth-order valence-electron chi connectivity index (χ4n) is 3.26. The van der Waals surface area contributed by atoms with Crippen LogP contribution < -0.4 is 5.32 Å². The highest BCUT2D eigenvalue weighted by molar-refractivity contribution is 9.10. The highest BCUT2D eigenvalue weighted by Crippen LogP contribution is 2.38. The third-order valence-electron chi connectivity index (χ3n) is 4.48. The van der Waals surface area contributed by atoms with E-state index in [1.807, 2.05) is 24.3 Å². The number of benzene rings is 1. The Morgan fingerprint density at radius 2 is 2.05 bits per heavy atom. The van der Waals surface area contributed by atoms with Crippen LogP contribution in [0.3, 0.4) is 0 Å². The number of hydrogen-bond acceptors (Lipinski definition) is 3. The second-order valence-electron chi connectivity index (χ2n) is 5.91. The molecule has 0 unspecified atom stereocenters. The van der Waals surface area contributed by atoms with Crippen molar-refractivity contribution >= 4 is 27.6 Å². The smallest absolute Gasteiger partial charge is 0.331 e. The Morgan fingerprint density at radius 1 is 1.38 bits per heavy atom. The van der Waals surface area contributed by atoms with Crippen LogP contribution >= 0.6 is 15.9 Å². The number of hydrogen-bond donors (Lipinski definition) is 1. The number of ether oxygens (including phenoxy) is 1. The molecule has 0 bridgehead atoms. The lowest BCUT2D eigenvalue weighted by molar-refractivity contribution is -0.147. The number of rotatable bonds is 5. The zero-order valence-corrected chi connectivity index (χ0v) is 14.4. The minimum absolute atomic E-state index is 0.145. The summed E-state index contributed by atoms with van der Waals surface area (Å²) in [6, 6.07) is 7.92. The van der Waals surface area contributed by atoms with Crippen LogP contribution in [0.1, 0.15) is 45.4 Å². The van der Waals surface area contributed by atoms with Crippen molar-refractivity contribution in [1.29, 1.82) is 0 Å². The second-order valence-corrected chi connectivity index (χ2v) is 6.76. The maximum absolute atomic E-state index is 12.4. The lowest BCUT2D eigenvalue weighted by Crippen LogP contribution is -2.49. The van der Waals surface area contributed by atoms with E-state index in [4.69, 9.17) is 4.74 Å². The van der Waals surface area contributed by atoms with Gasteiger partial charge in [-0.1, -0.05) is 31.9 Å². The molecule has 1 aromatic rings. The van der Waals surface area contributed by atoms with Crippen LogP contribution in [0.15, 0.2) is 28.7 Å². The Kier molecular flexibility index (Phi) is 5.68. The van der Waals surface area contributed by atoms with Crippen LogP contribution in [0.2, 0.25) is 0 Å². The zero-order chi connectivity index (χ0) is 15.3. The van der Waals surface area contributed by atoms with E-state index in [9.17, 15) is 4.79 Å². The molecule has 0 atom stereocenters. The van der Waals surface area contributed by atoms with Crippen molar-refractivity contribution in [2.45, 2.75) is 51.0 Å². The number of halogens is 1. The van der Waals surface area contributed by atoms with Crippen LogP contribution in [0.25, 0.3) is 0 Å². The van der Waals surface area contributed by atoms with Gasteiger partial charge in [0, 0.05) is 10.2 Å². The van der Waals surface area contributed by atoms with E-state index in [0.717, 1.165) is 41.8 Å². The van der Waals surface area contributed by atoms with Crippen molar-refractivity contribution in [3.05, 3.63) is 28.7 Å². The normalized spacial score (nSPS) is 25.4. The van der Waals surface area contributed by atoms with E-state index in [2.05, 4.69) is 28.2 Å². The predicted molar refractivity (Wildman–Crippen MR) is 89.4 cm³/mol. The first kappa shape index (κ1) is 16.3. The molecule has 3 nitrogen and oxygen atoms in total. The maximum Gasteiger partial charge on any atom is 0.331 e. The Labute approximate surface area is 135 Å². The molecule has 1 saturated carbocycles. The minimum Gasteiger partial charge on any atom is -0.467 e. The number of methoxy groups -OCH3 is 1. The van der Waals surface area contributed by atoms with Crippen molar-refractivity contribution in [3.8, 4) is 0 Å². The number of para-hydroxylation sites is 1. The molecule has 0 radical (unpaired) electrons. The Morgan fingerprint density at radius 3 is 2.62 bits per heavy atom. The van der Waals surface area contributed by atoms with Crippen molar-refractivity contribution in [3.63, 3.8) is 0 Å². The lowest BCUT2D eigenvalue weighted by atomic mass is 9.75. The van der Waals surface area contributed by atoms with Gasteiger partial charge in [0.25, 0.3) is 0 Å². The molecule has 4 heteroatoms. The number of carbonyl (C=O) groups is 1. The molecule has 0 amide bonds. The topological polar surface area (TPSA) is 38.3 Å². The molecule has 1 aromatic carbocycles. The van der Waals surface area contributed by atoms with Crippen LogP contribution in [0.5, 0.6) is 0 Å². The Bertz CT molecular complexity index is 481. The largest absolute Gasteiger partial charge is 0.467 e. The van der Waals surface area contributed by atoms with Crippen LogP contribution in [0.4, 0.5) is 5.69 Å². The van der Waals surface area contributed by atoms with Crippen molar-refractivity contribution < 1.29 is 9.53 Å². The Hall–Kier alpha value is -1.03. The number of anilines is 1. The van der Waals surface area contributed by atoms with E-state index in [1.165, 1.54) is 20.0 Å². The quantitative estimate of drug-likeness (QED) is 0.775. The Balaban J connectivity index is 2.16. The second kappa shape index (κ2) is 7.30. The molecular formula is C17H24BrNO2. The summed E-state index contributed by atoms with van der Waals surface area (Å²) in [5.74, 6) is 0.599. The van der Waals surface area contributed by atoms with E-state index in [-0.39, 0.29) is 5.97 Å². The molecule has 1 aliphatic rings. The molecule has 1 fully saturated rings. The molecule has 0 spiro atoms. The third-order valence-corrected chi connectivity index (χ3v) is 5.17. The SMILES string of the molecule is CCCC1CCC(Nc2ccccc2Br)(C(=O)OC)CC1. The first-order valence-corrected chi connectivity index (χ1v) is 8.51. The first-order chi connectivity index (χ1) is 10.1. The molecular weight excluding hydrogens is 330 g/mol. The van der Waals surface area contributed by atoms with Gasteiger partial charge in [-0.25, -0.2) is 4.79 Å². The zero-order valence-electron chi connectivity index (χ0n) is 12.8. The molecule has 116 valence electrons. The highest BCUT2D eigenvalue weighted by Gasteiger charge is 2.42. The van der Waals surface area contributed by atoms with Gasteiger partial charge in [-0.05, 0) is 59.7 Å². The van der Waals surface area contributed by atoms with Gasteiger partial charge >= 0.3 is 5.97 Å². The van der Waals surface area contributed by atoms with Gasteiger partial charge in [-0.3, -0.25) is 0 Å². The molecule has 1 aliphatic carbocycles. The van der Waals surface area contributed by atoms with Crippen LogP contribution in [-0.4, -0.2) is 18.6 Å². The summed E-state index contributed by atoms with van der Waals surface area (Å²) >= 11 is 3.54. The van der Waals surface area contributed by atoms with Gasteiger partial charge < -0.3 is 10.1 Å². The summed E-state index contributed by atoms with van der Waals surface area (Å²) in [5.41, 5.74) is 0.375. The van der Waals surface area contributed by atoms with E-state index < -0.39 is 5.54 Å². The third kappa shape index (κ3) is 3.79. The van der Waals surface area contributed by atoms with Crippen molar-refractivity contribution in [2.75, 3.05) is 12.4 Å². The highest BCUT2D eigenvalue weighted by atomic mass is 79.9. The summed E-state index contributed by atoms with van der Waals surface area (Å²) in [7, 11) is 1.48. The summed E-state index contributed by atoms with van der Waals surface area (Å²) in [5, 5.41) is 3.45. The predicted octanol–water partition coefficient (Wildman–Crippen LogP) is 4.76. The fourth-order valence-corrected chi connectivity index (χ4v) is 3.65. The minimum atomic E-state index is -0.580. The monoisotopic (exact) mass is 353 g/mol. The summed E-state index contributed by atoms with van der Waals surface area (Å²) in [4.78, 5) is 12.4. The summed E-state index contributed by atoms with van der Waals surface area (Å²) in [6.45, 7) is 2.22. The van der Waals surface area contributed by atoms with E-state index >= 15 is 0 Å². The first-order valence-electron chi connectivity index (χ1n) is 7.72. The maximum atomic E-state index is 12.4. The average molecular weight is 354 g/mol.